The minimum Gasteiger partial charge on any atom is -0.508 e. The zero-order valence-electron chi connectivity index (χ0n) is 26.9. The van der Waals surface area contributed by atoms with Crippen LogP contribution in [0, 0.1) is 10.1 Å². The van der Waals surface area contributed by atoms with Gasteiger partial charge >= 0.3 is 0 Å². The number of aromatic amines is 1. The van der Waals surface area contributed by atoms with Gasteiger partial charge in [-0.3, -0.25) is 14.4 Å². The topological polar surface area (TPSA) is 245 Å². The van der Waals surface area contributed by atoms with Crippen molar-refractivity contribution in [2.24, 2.45) is 10.8 Å². The molecule has 3 amide bonds. The van der Waals surface area contributed by atoms with Gasteiger partial charge in [0.15, 0.2) is 11.1 Å². The van der Waals surface area contributed by atoms with Crippen LogP contribution in [0.5, 0.6) is 5.75 Å². The van der Waals surface area contributed by atoms with E-state index in [2.05, 4.69) is 37.1 Å². The molecule has 15 heteroatoms. The maximum Gasteiger partial charge on any atom is 0.279 e. The predicted molar refractivity (Wildman–Crippen MR) is 183 cm³/mol. The maximum atomic E-state index is 13.8. The number of quaternary nitrogens is 1. The second-order valence-electron chi connectivity index (χ2n) is 11.6. The molecule has 0 aliphatic heterocycles. The normalized spacial score (nSPS) is 13.2. The number of nitrogens with two attached hydrogens (primary N) is 1. The van der Waals surface area contributed by atoms with E-state index in [-0.39, 0.29) is 37.5 Å². The molecule has 0 spiro atoms. The Labute approximate surface area is 282 Å². The number of carbonyl (C=O) groups is 3. The lowest BCUT2D eigenvalue weighted by atomic mass is 10.0. The van der Waals surface area contributed by atoms with Crippen molar-refractivity contribution in [1.29, 1.82) is 0 Å². The third-order valence-electron chi connectivity index (χ3n) is 7.87. The van der Waals surface area contributed by atoms with Crippen LogP contribution < -0.4 is 32.7 Å². The molecular formula is C34H42N9O6+. The van der Waals surface area contributed by atoms with Crippen LogP contribution in [-0.2, 0) is 33.6 Å². The van der Waals surface area contributed by atoms with E-state index in [0.717, 1.165) is 27.6 Å². The van der Waals surface area contributed by atoms with Gasteiger partial charge < -0.3 is 42.8 Å². The molecule has 4 aromatic rings. The van der Waals surface area contributed by atoms with Gasteiger partial charge in [0.1, 0.15) is 22.9 Å². The van der Waals surface area contributed by atoms with E-state index in [1.54, 1.807) is 12.1 Å². The van der Waals surface area contributed by atoms with Crippen molar-refractivity contribution >= 4 is 34.6 Å². The fourth-order valence-electron chi connectivity index (χ4n) is 5.33. The number of carbonyl (C=O) groups excluding carboxylic acids is 3. The number of fused-ring (bicyclic) bond motifs is 1. The summed E-state index contributed by atoms with van der Waals surface area (Å²) in [6.45, 7) is 0.459. The van der Waals surface area contributed by atoms with Gasteiger partial charge in [0.2, 0.25) is 11.8 Å². The van der Waals surface area contributed by atoms with E-state index < -0.39 is 40.9 Å². The molecule has 0 saturated heterocycles. The lowest BCUT2D eigenvalue weighted by Crippen LogP contribution is -2.70. The molecule has 1 heterocycles. The molecule has 3 atom stereocenters. The monoisotopic (exact) mass is 672 g/mol. The number of hydrogen-bond donors (Lipinski definition) is 8. The fraction of sp³-hybridized carbons (Fsp3) is 0.294. The molecule has 0 bridgehead atoms. The van der Waals surface area contributed by atoms with Crippen LogP contribution in [0.2, 0.25) is 0 Å². The molecule has 4 rings (SSSR count). The van der Waals surface area contributed by atoms with Crippen LogP contribution in [0.25, 0.3) is 10.9 Å². The number of hydrogen-bond acceptors (Lipinski definition) is 6. The Morgan fingerprint density at radius 3 is 2.27 bits per heavy atom. The maximum absolute atomic E-state index is 13.8. The highest BCUT2D eigenvalue weighted by atomic mass is 16.7. The van der Waals surface area contributed by atoms with Crippen molar-refractivity contribution in [1.82, 2.24) is 26.3 Å². The highest BCUT2D eigenvalue weighted by Crippen LogP contribution is 2.18. The first kappa shape index (κ1) is 35.9. The van der Waals surface area contributed by atoms with Gasteiger partial charge in [-0.05, 0) is 54.2 Å². The number of nitro groups is 1. The van der Waals surface area contributed by atoms with E-state index in [0.29, 0.717) is 19.4 Å². The van der Waals surface area contributed by atoms with Crippen LogP contribution in [-0.4, -0.2) is 70.0 Å². The molecule has 49 heavy (non-hydrogen) atoms. The second kappa shape index (κ2) is 17.8. The zero-order valence-corrected chi connectivity index (χ0v) is 26.9. The number of nitrogens with one attached hydrogen (secondary N) is 5. The standard InChI is InChI=1S/C34H41N9O6/c35-27(19-23-12-14-25(44)15-13-23)31(45)41-30(20-22-7-2-1-3-8-22)33(47)40-29(11-6-17-38-34(36)42-43(48)49)32(46)37-18-16-24-21-39-28-10-5-4-9-26(24)28/h1-5,7-10,12-15,21,27,29-30,39,44H,6,11,16-20,35H2,(H,37,46)(H,40,47)(H,41,45)(H3,36,38,42)/p+1/t27-,29-,30+/m0/s1. The van der Waals surface area contributed by atoms with Gasteiger partial charge in [-0.2, -0.15) is 0 Å². The molecule has 3 aromatic carbocycles. The van der Waals surface area contributed by atoms with Crippen molar-refractivity contribution in [3.63, 3.8) is 0 Å². The fourth-order valence-corrected chi connectivity index (χ4v) is 5.33. The van der Waals surface area contributed by atoms with Gasteiger partial charge in [0, 0.05) is 43.0 Å². The zero-order chi connectivity index (χ0) is 35.2. The number of aromatic nitrogens is 1. The molecule has 0 radical (unpaired) electrons. The number of hydrazone groups is 1. The van der Waals surface area contributed by atoms with E-state index in [9.17, 15) is 29.6 Å². The number of phenolic OH excluding ortho intramolecular Hbond substituents is 1. The summed E-state index contributed by atoms with van der Waals surface area (Å²) in [6, 6.07) is 20.7. The number of benzene rings is 3. The quantitative estimate of drug-likeness (QED) is 0.0257. The van der Waals surface area contributed by atoms with Crippen LogP contribution >= 0.6 is 0 Å². The molecule has 0 saturated carbocycles. The first-order valence-electron chi connectivity index (χ1n) is 15.9. The summed E-state index contributed by atoms with van der Waals surface area (Å²) in [4.78, 5) is 54.3. The van der Waals surface area contributed by atoms with Gasteiger partial charge in [-0.25, -0.2) is 10.1 Å². The summed E-state index contributed by atoms with van der Waals surface area (Å²) in [5.41, 5.74) is 13.1. The van der Waals surface area contributed by atoms with E-state index in [4.69, 9.17) is 5.73 Å². The number of amides is 3. The summed E-state index contributed by atoms with van der Waals surface area (Å²) in [7, 11) is 0. The minimum absolute atomic E-state index is 0.105. The summed E-state index contributed by atoms with van der Waals surface area (Å²) < 4.78 is 0. The molecule has 15 nitrogen and oxygen atoms in total. The summed E-state index contributed by atoms with van der Waals surface area (Å²) in [5.74, 6) is -1.71. The van der Waals surface area contributed by atoms with Gasteiger partial charge in [0.25, 0.3) is 11.9 Å². The van der Waals surface area contributed by atoms with Crippen molar-refractivity contribution < 1.29 is 30.3 Å². The highest BCUT2D eigenvalue weighted by Gasteiger charge is 2.29. The van der Waals surface area contributed by atoms with Crippen LogP contribution in [0.4, 0.5) is 0 Å². The second-order valence-corrected chi connectivity index (χ2v) is 11.6. The summed E-state index contributed by atoms with van der Waals surface area (Å²) >= 11 is 0. The van der Waals surface area contributed by atoms with Crippen LogP contribution in [0.1, 0.15) is 29.5 Å². The number of nitrogens with zero attached hydrogens (tertiary/aromatic N) is 2. The Bertz CT molecular complexity index is 1740. The molecule has 0 aliphatic carbocycles. The first-order valence-corrected chi connectivity index (χ1v) is 15.9. The van der Waals surface area contributed by atoms with E-state index in [1.165, 1.54) is 12.1 Å². The molecule has 11 N–H and O–H groups in total. The molecule has 0 unspecified atom stereocenters. The number of rotatable bonds is 17. The highest BCUT2D eigenvalue weighted by molar-refractivity contribution is 5.93. The van der Waals surface area contributed by atoms with Crippen molar-refractivity contribution in [2.45, 2.75) is 50.2 Å². The average molecular weight is 673 g/mol. The number of aromatic hydroxyl groups is 1. The first-order chi connectivity index (χ1) is 23.6. The molecule has 258 valence electrons. The summed E-state index contributed by atoms with van der Waals surface area (Å²) in [5, 5.41) is 34.4. The van der Waals surface area contributed by atoms with Gasteiger partial charge in [0.05, 0.1) is 0 Å². The third-order valence-corrected chi connectivity index (χ3v) is 7.87. The van der Waals surface area contributed by atoms with Gasteiger partial charge in [-0.15, -0.1) is 0 Å². The Balaban J connectivity index is 1.45. The van der Waals surface area contributed by atoms with Crippen molar-refractivity contribution in [3.05, 3.63) is 112 Å². The number of para-hydroxylation sites is 1. The third kappa shape index (κ3) is 11.4. The summed E-state index contributed by atoms with van der Waals surface area (Å²) in [6.07, 6.45) is 3.35. The Hall–Kier alpha value is -5.96. The lowest BCUT2D eigenvalue weighted by Gasteiger charge is -2.24. The lowest BCUT2D eigenvalue weighted by molar-refractivity contribution is -0.485. The molecule has 0 fully saturated rings. The Morgan fingerprint density at radius 1 is 0.857 bits per heavy atom. The Kier molecular flexibility index (Phi) is 13.0. The number of phenols is 1. The number of guanidine groups is 1. The smallest absolute Gasteiger partial charge is 0.279 e. The van der Waals surface area contributed by atoms with Crippen molar-refractivity contribution in [3.8, 4) is 5.75 Å². The van der Waals surface area contributed by atoms with Crippen LogP contribution in [0.15, 0.2) is 90.2 Å². The van der Waals surface area contributed by atoms with E-state index in [1.807, 2.05) is 60.8 Å². The molecular weight excluding hydrogens is 630 g/mol. The molecule has 0 aliphatic rings. The molecule has 1 aromatic heterocycles. The SMILES string of the molecule is N/C(=N\[N+](=O)[O-])NCCC[C@H](NC(=O)[C@@H](Cc1ccccc1)NC(=O)[C@@H]([NH3+])Cc1ccc(O)cc1)C(=O)NCCc1c[nH]c2ccccc12. The van der Waals surface area contributed by atoms with Crippen molar-refractivity contribution in [2.75, 3.05) is 13.1 Å². The largest absolute Gasteiger partial charge is 0.508 e. The van der Waals surface area contributed by atoms with Crippen LogP contribution in [0.3, 0.4) is 0 Å². The average Bonchev–Trinajstić information content (AvgIpc) is 3.49. The predicted octanol–water partition coefficient (Wildman–Crippen LogP) is 0.474. The Morgan fingerprint density at radius 2 is 1.53 bits per heavy atom. The van der Waals surface area contributed by atoms with Gasteiger partial charge in [-0.1, -0.05) is 60.7 Å². The number of H-pyrrole nitrogens is 1. The minimum atomic E-state index is -1.03. The van der Waals surface area contributed by atoms with E-state index >= 15 is 0 Å².